The maximum Gasteiger partial charge on any atom is 0.276 e. The Balaban J connectivity index is 2.01. The minimum atomic E-state index is -1.25. The van der Waals surface area contributed by atoms with Crippen LogP contribution in [0.4, 0.5) is 17.6 Å². The quantitative estimate of drug-likeness (QED) is 0.599. The van der Waals surface area contributed by atoms with Gasteiger partial charge in [0.15, 0.2) is 11.4 Å². The number of nitrogens with zero attached hydrogens (tertiary/aromatic N) is 2. The average molecular weight is 468 g/mol. The molecule has 0 saturated heterocycles. The molecular weight excluding hydrogens is 448 g/mol. The highest BCUT2D eigenvalue weighted by Crippen LogP contribution is 2.21. The second-order valence-corrected chi connectivity index (χ2v) is 7.53. The van der Waals surface area contributed by atoms with Crippen molar-refractivity contribution in [3.8, 4) is 5.75 Å². The van der Waals surface area contributed by atoms with E-state index in [2.05, 4.69) is 10.7 Å². The predicted octanol–water partition coefficient (Wildman–Crippen LogP) is 2.16. The van der Waals surface area contributed by atoms with E-state index in [-0.39, 0.29) is 0 Å². The number of aromatic nitrogens is 1. The Morgan fingerprint density at radius 1 is 1.15 bits per heavy atom. The number of aromatic hydroxyl groups is 1. The minimum Gasteiger partial charge on any atom is -0.502 e. The number of hydrogen-bond donors (Lipinski definition) is 3. The standard InChI is InChI=1S/C21H20F4N4O4/c1-9-4-14(23)10(2)27-29-8-13(18(30)19(31)17(29)21(33)28(9)3)20(32)26-7-12-15(24)5-11(22)6-16(12)25/h4-6,8-10,27,31H,7H2,1-3H3,(H,26,32)/t9-,10+/m0/s1. The first-order valence-electron chi connectivity index (χ1n) is 9.73. The Hall–Kier alpha value is -3.83. The topological polar surface area (TPSA) is 104 Å². The van der Waals surface area contributed by atoms with Gasteiger partial charge in [0.25, 0.3) is 11.8 Å². The summed E-state index contributed by atoms with van der Waals surface area (Å²) in [5.41, 5.74) is -0.527. The van der Waals surface area contributed by atoms with Gasteiger partial charge in [0.1, 0.15) is 28.8 Å². The first-order chi connectivity index (χ1) is 15.4. The molecule has 2 amide bonds. The highest BCUT2D eigenvalue weighted by atomic mass is 19.1. The second-order valence-electron chi connectivity index (χ2n) is 7.53. The van der Waals surface area contributed by atoms with Crippen LogP contribution in [0.3, 0.4) is 0 Å². The van der Waals surface area contributed by atoms with E-state index in [1.165, 1.54) is 27.0 Å². The lowest BCUT2D eigenvalue weighted by Gasteiger charge is -2.24. The lowest BCUT2D eigenvalue weighted by Crippen LogP contribution is -2.39. The molecule has 0 fully saturated rings. The monoisotopic (exact) mass is 468 g/mol. The normalized spacial score (nSPS) is 18.5. The molecule has 1 aliphatic heterocycles. The number of likely N-dealkylation sites (N-methyl/N-ethyl adjacent to an activating group) is 1. The molecular formula is C21H20F4N4O4. The van der Waals surface area contributed by atoms with E-state index in [1.807, 2.05) is 0 Å². The lowest BCUT2D eigenvalue weighted by atomic mass is 10.1. The van der Waals surface area contributed by atoms with Crippen LogP contribution in [0.5, 0.6) is 5.75 Å². The predicted molar refractivity (Wildman–Crippen MR) is 109 cm³/mol. The SMILES string of the molecule is C[C@H]1Nn2cc(C(=O)NCc3c(F)cc(F)cc3F)c(=O)c(O)c2C(=O)N(C)[C@@H](C)C=C1F. The maximum atomic E-state index is 14.4. The van der Waals surface area contributed by atoms with Crippen LogP contribution in [0, 0.1) is 17.5 Å². The number of halogens is 4. The van der Waals surface area contributed by atoms with E-state index in [0.29, 0.717) is 12.1 Å². The van der Waals surface area contributed by atoms with Crippen molar-refractivity contribution in [1.29, 1.82) is 0 Å². The molecule has 3 rings (SSSR count). The highest BCUT2D eigenvalue weighted by molar-refractivity contribution is 5.98. The Morgan fingerprint density at radius 3 is 2.36 bits per heavy atom. The van der Waals surface area contributed by atoms with E-state index in [1.54, 1.807) is 0 Å². The Morgan fingerprint density at radius 2 is 1.76 bits per heavy atom. The molecule has 8 nitrogen and oxygen atoms in total. The van der Waals surface area contributed by atoms with Gasteiger partial charge in [-0.1, -0.05) is 0 Å². The van der Waals surface area contributed by atoms with Crippen LogP contribution < -0.4 is 16.2 Å². The van der Waals surface area contributed by atoms with Crippen molar-refractivity contribution in [2.75, 3.05) is 12.5 Å². The van der Waals surface area contributed by atoms with E-state index in [4.69, 9.17) is 0 Å². The maximum absolute atomic E-state index is 14.4. The van der Waals surface area contributed by atoms with Gasteiger partial charge in [-0.2, -0.15) is 0 Å². The van der Waals surface area contributed by atoms with Crippen molar-refractivity contribution in [2.24, 2.45) is 0 Å². The van der Waals surface area contributed by atoms with Gasteiger partial charge >= 0.3 is 0 Å². The summed E-state index contributed by atoms with van der Waals surface area (Å²) in [7, 11) is 1.34. The molecule has 1 aliphatic rings. The molecule has 2 heterocycles. The van der Waals surface area contributed by atoms with Crippen molar-refractivity contribution in [3.63, 3.8) is 0 Å². The number of fused-ring (bicyclic) bond motifs is 1. The van der Waals surface area contributed by atoms with E-state index >= 15 is 0 Å². The van der Waals surface area contributed by atoms with Crippen molar-refractivity contribution >= 4 is 11.8 Å². The zero-order valence-corrected chi connectivity index (χ0v) is 17.7. The molecule has 3 N–H and O–H groups in total. The number of benzene rings is 1. The van der Waals surface area contributed by atoms with E-state index < -0.39 is 81.7 Å². The number of carbonyl (C=O) groups excluding carboxylic acids is 2. The van der Waals surface area contributed by atoms with Crippen LogP contribution >= 0.6 is 0 Å². The summed E-state index contributed by atoms with van der Waals surface area (Å²) in [6.07, 6.45) is 2.05. The van der Waals surface area contributed by atoms with Gasteiger partial charge in [0.05, 0.1) is 12.1 Å². The summed E-state index contributed by atoms with van der Waals surface area (Å²) in [5.74, 6) is -7.33. The average Bonchev–Trinajstić information content (AvgIpc) is 2.76. The molecule has 0 spiro atoms. The third-order valence-electron chi connectivity index (χ3n) is 5.24. The fourth-order valence-electron chi connectivity index (χ4n) is 3.18. The Labute approximate surface area is 185 Å². The zero-order chi connectivity index (χ0) is 24.6. The molecule has 0 radical (unpaired) electrons. The van der Waals surface area contributed by atoms with Gasteiger partial charge in [-0.3, -0.25) is 19.1 Å². The largest absolute Gasteiger partial charge is 0.502 e. The summed E-state index contributed by atoms with van der Waals surface area (Å²) in [5, 5.41) is 12.5. The molecule has 2 atom stereocenters. The summed E-state index contributed by atoms with van der Waals surface area (Å²) in [4.78, 5) is 39.1. The van der Waals surface area contributed by atoms with Crippen LogP contribution in [-0.2, 0) is 6.54 Å². The van der Waals surface area contributed by atoms with E-state index in [9.17, 15) is 37.1 Å². The van der Waals surface area contributed by atoms with Crippen LogP contribution in [0.15, 0.2) is 35.0 Å². The van der Waals surface area contributed by atoms with Crippen LogP contribution in [-0.4, -0.2) is 45.6 Å². The fraction of sp³-hybridized carbons (Fsp3) is 0.286. The molecule has 2 aromatic rings. The molecule has 12 heteroatoms. The summed E-state index contributed by atoms with van der Waals surface area (Å²) in [6, 6.07) is -0.872. The summed E-state index contributed by atoms with van der Waals surface area (Å²) >= 11 is 0. The third-order valence-corrected chi connectivity index (χ3v) is 5.24. The van der Waals surface area contributed by atoms with Crippen molar-refractivity contribution in [3.05, 3.63) is 74.7 Å². The summed E-state index contributed by atoms with van der Waals surface area (Å²) < 4.78 is 56.0. The molecule has 0 bridgehead atoms. The molecule has 176 valence electrons. The smallest absolute Gasteiger partial charge is 0.276 e. The first-order valence-corrected chi connectivity index (χ1v) is 9.73. The number of carbonyl (C=O) groups is 2. The van der Waals surface area contributed by atoms with Gasteiger partial charge < -0.3 is 20.7 Å². The van der Waals surface area contributed by atoms with Gasteiger partial charge in [-0.15, -0.1) is 0 Å². The van der Waals surface area contributed by atoms with Crippen molar-refractivity contribution in [2.45, 2.75) is 32.5 Å². The second kappa shape index (κ2) is 8.96. The van der Waals surface area contributed by atoms with Gasteiger partial charge in [0.2, 0.25) is 5.43 Å². The lowest BCUT2D eigenvalue weighted by molar-refractivity contribution is 0.0754. The summed E-state index contributed by atoms with van der Waals surface area (Å²) in [6.45, 7) is 2.21. The molecule has 1 aromatic carbocycles. The number of rotatable bonds is 3. The molecule has 1 aromatic heterocycles. The highest BCUT2D eigenvalue weighted by Gasteiger charge is 2.30. The van der Waals surface area contributed by atoms with Crippen LogP contribution in [0.25, 0.3) is 0 Å². The van der Waals surface area contributed by atoms with Crippen LogP contribution in [0.1, 0.15) is 40.3 Å². The zero-order valence-electron chi connectivity index (χ0n) is 17.7. The van der Waals surface area contributed by atoms with Gasteiger partial charge in [-0.05, 0) is 19.9 Å². The number of nitrogens with one attached hydrogen (secondary N) is 2. The molecule has 0 unspecified atom stereocenters. The van der Waals surface area contributed by atoms with E-state index in [0.717, 1.165) is 15.8 Å². The van der Waals surface area contributed by atoms with Crippen LogP contribution in [0.2, 0.25) is 0 Å². The Bertz CT molecular complexity index is 1200. The molecule has 33 heavy (non-hydrogen) atoms. The van der Waals surface area contributed by atoms with Gasteiger partial charge in [-0.25, -0.2) is 17.6 Å². The fourth-order valence-corrected chi connectivity index (χ4v) is 3.18. The van der Waals surface area contributed by atoms with Gasteiger partial charge in [0, 0.05) is 37.5 Å². The van der Waals surface area contributed by atoms with Crippen molar-refractivity contribution in [1.82, 2.24) is 14.9 Å². The van der Waals surface area contributed by atoms with Crippen molar-refractivity contribution < 1.29 is 32.3 Å². The number of pyridine rings is 1. The third kappa shape index (κ3) is 4.54. The Kier molecular flexibility index (Phi) is 6.47. The first kappa shape index (κ1) is 23.8. The molecule has 0 saturated carbocycles. The minimum absolute atomic E-state index is 0.427. The number of hydrogen-bond acceptors (Lipinski definition) is 5. The molecule has 0 aliphatic carbocycles. The number of amides is 2.